The van der Waals surface area contributed by atoms with E-state index < -0.39 is 30.4 Å². The Hall–Kier alpha value is -1.84. The lowest BCUT2D eigenvalue weighted by Gasteiger charge is -2.30. The van der Waals surface area contributed by atoms with Crippen LogP contribution in [0.5, 0.6) is 0 Å². The summed E-state index contributed by atoms with van der Waals surface area (Å²) < 4.78 is 20.9. The van der Waals surface area contributed by atoms with Crippen LogP contribution in [0, 0.1) is 11.8 Å². The van der Waals surface area contributed by atoms with Crippen molar-refractivity contribution in [3.8, 4) is 11.8 Å². The zero-order chi connectivity index (χ0) is 15.0. The normalized spacial score (nSPS) is 24.4. The van der Waals surface area contributed by atoms with Gasteiger partial charge >= 0.3 is 11.9 Å². The molecule has 1 rings (SSSR count). The summed E-state index contributed by atoms with van der Waals surface area (Å²) in [6, 6.07) is 0. The van der Waals surface area contributed by atoms with E-state index in [4.69, 9.17) is 18.9 Å². The molecule has 0 amide bonds. The van der Waals surface area contributed by atoms with Gasteiger partial charge in [-0.05, 0) is 19.1 Å². The minimum atomic E-state index is -0.608. The van der Waals surface area contributed by atoms with Crippen LogP contribution in [0.4, 0.5) is 0 Å². The van der Waals surface area contributed by atoms with E-state index in [1.54, 1.807) is 19.1 Å². The fourth-order valence-electron chi connectivity index (χ4n) is 1.55. The number of rotatable bonds is 5. The van der Waals surface area contributed by atoms with Gasteiger partial charge in [0.2, 0.25) is 0 Å². The summed E-state index contributed by atoms with van der Waals surface area (Å²) in [6.45, 7) is 4.52. The molecule has 0 saturated carbocycles. The van der Waals surface area contributed by atoms with Gasteiger partial charge in [0, 0.05) is 13.8 Å². The Morgan fingerprint density at radius 2 is 2.00 bits per heavy atom. The average molecular weight is 282 g/mol. The third kappa shape index (κ3) is 5.87. The number of esters is 2. The van der Waals surface area contributed by atoms with Gasteiger partial charge in [0.25, 0.3) is 0 Å². The summed E-state index contributed by atoms with van der Waals surface area (Å²) in [6.07, 6.45) is 1.47. The Kier molecular flexibility index (Phi) is 6.77. The van der Waals surface area contributed by atoms with Crippen molar-refractivity contribution >= 4 is 11.9 Å². The van der Waals surface area contributed by atoms with Crippen LogP contribution in [0.15, 0.2) is 12.2 Å². The molecule has 1 heterocycles. The van der Waals surface area contributed by atoms with Crippen molar-refractivity contribution in [3.05, 3.63) is 12.2 Å². The van der Waals surface area contributed by atoms with Crippen molar-refractivity contribution in [1.29, 1.82) is 0 Å². The van der Waals surface area contributed by atoms with Crippen LogP contribution in [0.1, 0.15) is 20.8 Å². The van der Waals surface area contributed by atoms with Gasteiger partial charge in [-0.2, -0.15) is 0 Å². The monoisotopic (exact) mass is 282 g/mol. The second kappa shape index (κ2) is 8.35. The van der Waals surface area contributed by atoms with Gasteiger partial charge in [-0.25, -0.2) is 0 Å². The number of carbonyl (C=O) groups excluding carboxylic acids is 2. The summed E-state index contributed by atoms with van der Waals surface area (Å²) in [5.74, 6) is 4.58. The summed E-state index contributed by atoms with van der Waals surface area (Å²) in [5.41, 5.74) is 0. The summed E-state index contributed by atoms with van der Waals surface area (Å²) in [5, 5.41) is 0. The van der Waals surface area contributed by atoms with Crippen LogP contribution in [-0.2, 0) is 28.5 Å². The second-order valence-corrected chi connectivity index (χ2v) is 4.04. The molecule has 6 nitrogen and oxygen atoms in total. The first kappa shape index (κ1) is 16.2. The van der Waals surface area contributed by atoms with E-state index in [9.17, 15) is 9.59 Å². The van der Waals surface area contributed by atoms with Gasteiger partial charge in [0.15, 0.2) is 6.29 Å². The highest BCUT2D eigenvalue weighted by Gasteiger charge is 2.30. The zero-order valence-corrected chi connectivity index (χ0v) is 11.8. The van der Waals surface area contributed by atoms with Crippen LogP contribution in [-0.4, -0.2) is 43.7 Å². The van der Waals surface area contributed by atoms with E-state index in [0.29, 0.717) is 0 Å². The molecule has 0 aromatic heterocycles. The number of carbonyl (C=O) groups is 2. The maximum absolute atomic E-state index is 11.0. The first-order valence-electron chi connectivity index (χ1n) is 6.18. The van der Waals surface area contributed by atoms with Crippen molar-refractivity contribution in [2.24, 2.45) is 0 Å². The van der Waals surface area contributed by atoms with E-state index >= 15 is 0 Å². The largest absolute Gasteiger partial charge is 0.463 e. The molecule has 1 aliphatic heterocycles. The highest BCUT2D eigenvalue weighted by molar-refractivity contribution is 5.66. The van der Waals surface area contributed by atoms with E-state index in [-0.39, 0.29) is 13.2 Å². The lowest BCUT2D eigenvalue weighted by Crippen LogP contribution is -2.42. The van der Waals surface area contributed by atoms with E-state index in [0.717, 1.165) is 0 Å². The average Bonchev–Trinajstić information content (AvgIpc) is 2.38. The molecule has 0 saturated heterocycles. The molecule has 0 spiro atoms. The molecule has 0 fully saturated rings. The minimum Gasteiger partial charge on any atom is -0.463 e. The molecule has 0 bridgehead atoms. The van der Waals surface area contributed by atoms with Crippen LogP contribution in [0.2, 0.25) is 0 Å². The molecule has 0 aromatic rings. The first-order chi connectivity index (χ1) is 9.52. The molecule has 0 radical (unpaired) electrons. The molecule has 3 atom stereocenters. The SMILES string of the molecule is CC#CCOC1C=CC(OC(C)=O)C(COC(C)=O)O1. The Labute approximate surface area is 118 Å². The number of ether oxygens (including phenoxy) is 4. The predicted molar refractivity (Wildman–Crippen MR) is 69.4 cm³/mol. The molecule has 20 heavy (non-hydrogen) atoms. The second-order valence-electron chi connectivity index (χ2n) is 4.04. The van der Waals surface area contributed by atoms with Gasteiger partial charge in [0.05, 0.1) is 0 Å². The molecule has 0 aliphatic carbocycles. The Morgan fingerprint density at radius 1 is 1.25 bits per heavy atom. The summed E-state index contributed by atoms with van der Waals surface area (Å²) in [7, 11) is 0. The topological polar surface area (TPSA) is 71.1 Å². The summed E-state index contributed by atoms with van der Waals surface area (Å²) in [4.78, 5) is 21.9. The van der Waals surface area contributed by atoms with Crippen molar-refractivity contribution in [2.75, 3.05) is 13.2 Å². The van der Waals surface area contributed by atoms with Crippen LogP contribution in [0.3, 0.4) is 0 Å². The van der Waals surface area contributed by atoms with Crippen LogP contribution >= 0.6 is 0 Å². The maximum Gasteiger partial charge on any atom is 0.303 e. The minimum absolute atomic E-state index is 0.0169. The van der Waals surface area contributed by atoms with E-state index in [2.05, 4.69) is 11.8 Å². The van der Waals surface area contributed by atoms with E-state index in [1.165, 1.54) is 13.8 Å². The number of hydrogen-bond donors (Lipinski definition) is 0. The molecule has 6 heteroatoms. The van der Waals surface area contributed by atoms with Crippen molar-refractivity contribution in [1.82, 2.24) is 0 Å². The first-order valence-corrected chi connectivity index (χ1v) is 6.18. The maximum atomic E-state index is 11.0. The molecular weight excluding hydrogens is 264 g/mol. The molecule has 110 valence electrons. The highest BCUT2D eigenvalue weighted by Crippen LogP contribution is 2.17. The third-order valence-corrected chi connectivity index (χ3v) is 2.38. The molecular formula is C14H18O6. The predicted octanol–water partition coefficient (Wildman–Crippen LogP) is 0.802. The quantitative estimate of drug-likeness (QED) is 0.422. The van der Waals surface area contributed by atoms with Gasteiger partial charge < -0.3 is 18.9 Å². The lowest BCUT2D eigenvalue weighted by atomic mass is 10.1. The van der Waals surface area contributed by atoms with E-state index in [1.807, 2.05) is 0 Å². The van der Waals surface area contributed by atoms with Gasteiger partial charge in [0.1, 0.15) is 25.4 Å². The molecule has 0 aromatic carbocycles. The fraction of sp³-hybridized carbons (Fsp3) is 0.571. The highest BCUT2D eigenvalue weighted by atomic mass is 16.7. The van der Waals surface area contributed by atoms with Crippen LogP contribution in [0.25, 0.3) is 0 Å². The van der Waals surface area contributed by atoms with Gasteiger partial charge in [-0.15, -0.1) is 5.92 Å². The molecule has 1 aliphatic rings. The smallest absolute Gasteiger partial charge is 0.303 e. The van der Waals surface area contributed by atoms with Gasteiger partial charge in [-0.1, -0.05) is 5.92 Å². The van der Waals surface area contributed by atoms with Crippen molar-refractivity contribution in [2.45, 2.75) is 39.3 Å². The van der Waals surface area contributed by atoms with Gasteiger partial charge in [-0.3, -0.25) is 9.59 Å². The lowest BCUT2D eigenvalue weighted by molar-refractivity contribution is -0.193. The third-order valence-electron chi connectivity index (χ3n) is 2.38. The fourth-order valence-corrected chi connectivity index (χ4v) is 1.55. The number of hydrogen-bond acceptors (Lipinski definition) is 6. The van der Waals surface area contributed by atoms with Crippen molar-refractivity contribution in [3.63, 3.8) is 0 Å². The Morgan fingerprint density at radius 3 is 2.60 bits per heavy atom. The summed E-state index contributed by atoms with van der Waals surface area (Å²) >= 11 is 0. The Bertz CT molecular complexity index is 431. The molecule has 0 N–H and O–H groups in total. The zero-order valence-electron chi connectivity index (χ0n) is 11.8. The van der Waals surface area contributed by atoms with Crippen molar-refractivity contribution < 1.29 is 28.5 Å². The van der Waals surface area contributed by atoms with Crippen LogP contribution < -0.4 is 0 Å². The Balaban J connectivity index is 2.62. The molecule has 3 unspecified atom stereocenters. The standard InChI is InChI=1S/C14H18O6/c1-4-5-8-17-14-7-6-12(19-11(3)16)13(20-14)9-18-10(2)15/h6-7,12-14H,8-9H2,1-3H3.